The van der Waals surface area contributed by atoms with Crippen LogP contribution in [-0.4, -0.2) is 67.3 Å². The second-order valence-corrected chi connectivity index (χ2v) is 6.36. The van der Waals surface area contributed by atoms with Crippen molar-refractivity contribution in [2.24, 2.45) is 5.92 Å². The quantitative estimate of drug-likeness (QED) is 0.787. The van der Waals surface area contributed by atoms with Crippen molar-refractivity contribution in [2.45, 2.75) is 45.8 Å². The number of amides is 1. The topological polar surface area (TPSA) is 44.8 Å². The van der Waals surface area contributed by atoms with Gasteiger partial charge in [0.15, 0.2) is 0 Å². The molecular formula is C15H29N3O2. The normalized spacial score (nSPS) is 28.6. The number of ether oxygens (including phenoxy) is 1. The molecule has 5 heteroatoms. The summed E-state index contributed by atoms with van der Waals surface area (Å²) in [6, 6.07) is 0.0217. The number of rotatable bonds is 6. The van der Waals surface area contributed by atoms with Crippen molar-refractivity contribution in [1.29, 1.82) is 0 Å². The molecule has 0 aromatic carbocycles. The van der Waals surface area contributed by atoms with Crippen LogP contribution in [0.15, 0.2) is 0 Å². The lowest BCUT2D eigenvalue weighted by molar-refractivity contribution is -0.130. The second-order valence-electron chi connectivity index (χ2n) is 6.36. The number of hydrogen-bond donors (Lipinski definition) is 1. The largest absolute Gasteiger partial charge is 0.379 e. The minimum atomic E-state index is 0.0217. The molecule has 2 saturated heterocycles. The summed E-state index contributed by atoms with van der Waals surface area (Å²) < 4.78 is 5.35. The molecule has 0 saturated carbocycles. The Balaban J connectivity index is 1.73. The van der Waals surface area contributed by atoms with Crippen LogP contribution in [0, 0.1) is 5.92 Å². The van der Waals surface area contributed by atoms with E-state index >= 15 is 0 Å². The van der Waals surface area contributed by atoms with E-state index in [9.17, 15) is 4.79 Å². The first kappa shape index (κ1) is 15.7. The number of morpholine rings is 1. The highest BCUT2D eigenvalue weighted by molar-refractivity contribution is 5.84. The Morgan fingerprint density at radius 1 is 1.30 bits per heavy atom. The Bertz CT molecular complexity index is 316. The molecule has 116 valence electrons. The molecule has 5 nitrogen and oxygen atoms in total. The fourth-order valence-corrected chi connectivity index (χ4v) is 3.08. The fourth-order valence-electron chi connectivity index (χ4n) is 3.08. The van der Waals surface area contributed by atoms with E-state index in [-0.39, 0.29) is 18.1 Å². The van der Waals surface area contributed by atoms with Crippen molar-refractivity contribution in [3.63, 3.8) is 0 Å². The third-order valence-corrected chi connectivity index (χ3v) is 4.18. The number of hydrogen-bond acceptors (Lipinski definition) is 4. The van der Waals surface area contributed by atoms with E-state index in [2.05, 4.69) is 31.0 Å². The van der Waals surface area contributed by atoms with E-state index < -0.39 is 0 Å². The first-order valence-corrected chi connectivity index (χ1v) is 7.94. The molecule has 1 N–H and O–H groups in total. The summed E-state index contributed by atoms with van der Waals surface area (Å²) in [5.74, 6) is 0.838. The highest BCUT2D eigenvalue weighted by Crippen LogP contribution is 2.17. The third-order valence-electron chi connectivity index (χ3n) is 4.18. The summed E-state index contributed by atoms with van der Waals surface area (Å²) in [4.78, 5) is 16.8. The van der Waals surface area contributed by atoms with Gasteiger partial charge in [0, 0.05) is 26.2 Å². The second kappa shape index (κ2) is 7.38. The van der Waals surface area contributed by atoms with E-state index in [1.54, 1.807) is 0 Å². The van der Waals surface area contributed by atoms with Gasteiger partial charge >= 0.3 is 0 Å². The van der Waals surface area contributed by atoms with Crippen LogP contribution < -0.4 is 5.32 Å². The van der Waals surface area contributed by atoms with Crippen LogP contribution in [0.1, 0.15) is 33.6 Å². The molecule has 0 aromatic rings. The van der Waals surface area contributed by atoms with Crippen LogP contribution in [0.25, 0.3) is 0 Å². The predicted octanol–water partition coefficient (Wildman–Crippen LogP) is 0.901. The van der Waals surface area contributed by atoms with E-state index in [0.29, 0.717) is 5.92 Å². The van der Waals surface area contributed by atoms with Gasteiger partial charge in [-0.15, -0.1) is 0 Å². The maximum Gasteiger partial charge on any atom is 0.241 e. The van der Waals surface area contributed by atoms with Crippen LogP contribution in [-0.2, 0) is 9.53 Å². The molecular weight excluding hydrogens is 254 g/mol. The molecule has 2 atom stereocenters. The predicted molar refractivity (Wildman–Crippen MR) is 79.4 cm³/mol. The Kier molecular flexibility index (Phi) is 5.81. The van der Waals surface area contributed by atoms with Gasteiger partial charge in [0.25, 0.3) is 0 Å². The van der Waals surface area contributed by atoms with E-state index in [4.69, 9.17) is 4.74 Å². The molecule has 1 amide bonds. The van der Waals surface area contributed by atoms with Crippen molar-refractivity contribution >= 4 is 5.91 Å². The molecule has 2 unspecified atom stereocenters. The number of nitrogens with one attached hydrogen (secondary N) is 1. The summed E-state index contributed by atoms with van der Waals surface area (Å²) in [7, 11) is 0. The zero-order valence-corrected chi connectivity index (χ0v) is 13.1. The molecule has 0 bridgehead atoms. The highest BCUT2D eigenvalue weighted by atomic mass is 16.5. The van der Waals surface area contributed by atoms with Crippen LogP contribution in [0.5, 0.6) is 0 Å². The molecule has 0 radical (unpaired) electrons. The van der Waals surface area contributed by atoms with Crippen LogP contribution in [0.2, 0.25) is 0 Å². The van der Waals surface area contributed by atoms with Gasteiger partial charge in [0.05, 0.1) is 25.4 Å². The minimum Gasteiger partial charge on any atom is -0.379 e. The zero-order chi connectivity index (χ0) is 14.5. The molecule has 2 rings (SSSR count). The van der Waals surface area contributed by atoms with E-state index in [1.807, 2.05) is 4.90 Å². The summed E-state index contributed by atoms with van der Waals surface area (Å²) in [6.07, 6.45) is 2.16. The minimum absolute atomic E-state index is 0.0217. The van der Waals surface area contributed by atoms with Crippen molar-refractivity contribution in [3.8, 4) is 0 Å². The summed E-state index contributed by atoms with van der Waals surface area (Å²) >= 11 is 0. The van der Waals surface area contributed by atoms with Crippen molar-refractivity contribution in [1.82, 2.24) is 15.1 Å². The summed E-state index contributed by atoms with van der Waals surface area (Å²) in [6.45, 7) is 12.1. The Labute approximate surface area is 122 Å². The van der Waals surface area contributed by atoms with Gasteiger partial charge in [0.1, 0.15) is 0 Å². The highest BCUT2D eigenvalue weighted by Gasteiger charge is 2.35. The lowest BCUT2D eigenvalue weighted by atomic mass is 10.0. The first-order valence-electron chi connectivity index (χ1n) is 7.94. The van der Waals surface area contributed by atoms with E-state index in [1.165, 1.54) is 0 Å². The molecule has 2 fully saturated rings. The lowest BCUT2D eigenvalue weighted by Gasteiger charge is -2.28. The van der Waals surface area contributed by atoms with Gasteiger partial charge in [-0.05, 0) is 25.7 Å². The number of carbonyl (C=O) groups is 1. The van der Waals surface area contributed by atoms with Crippen molar-refractivity contribution < 1.29 is 9.53 Å². The molecule has 0 aromatic heterocycles. The van der Waals surface area contributed by atoms with Crippen molar-refractivity contribution in [2.75, 3.05) is 39.4 Å². The Morgan fingerprint density at radius 3 is 2.65 bits per heavy atom. The standard InChI is InChI=1S/C15H29N3O2/c1-12(2)11-14-15(19)18(13(3)16-14)6-4-5-17-7-9-20-10-8-17/h12-14,16H,4-11H2,1-3H3. The van der Waals surface area contributed by atoms with Gasteiger partial charge < -0.3 is 9.64 Å². The van der Waals surface area contributed by atoms with E-state index in [0.717, 1.165) is 52.2 Å². The average Bonchev–Trinajstić information content (AvgIpc) is 2.67. The number of carbonyl (C=O) groups excluding carboxylic acids is 1. The summed E-state index contributed by atoms with van der Waals surface area (Å²) in [5, 5.41) is 3.42. The molecule has 20 heavy (non-hydrogen) atoms. The molecule has 2 aliphatic heterocycles. The number of nitrogens with zero attached hydrogens (tertiary/aromatic N) is 2. The molecule has 2 aliphatic rings. The maximum atomic E-state index is 12.4. The third kappa shape index (κ3) is 4.17. The van der Waals surface area contributed by atoms with Gasteiger partial charge in [0.2, 0.25) is 5.91 Å². The van der Waals surface area contributed by atoms with Crippen molar-refractivity contribution in [3.05, 3.63) is 0 Å². The monoisotopic (exact) mass is 283 g/mol. The van der Waals surface area contributed by atoms with Gasteiger partial charge in [-0.3, -0.25) is 15.0 Å². The van der Waals surface area contributed by atoms with Crippen LogP contribution >= 0.6 is 0 Å². The molecule has 2 heterocycles. The lowest BCUT2D eigenvalue weighted by Crippen LogP contribution is -2.40. The average molecular weight is 283 g/mol. The maximum absolute atomic E-state index is 12.4. The zero-order valence-electron chi connectivity index (χ0n) is 13.1. The van der Waals surface area contributed by atoms with Crippen LogP contribution in [0.3, 0.4) is 0 Å². The van der Waals surface area contributed by atoms with Gasteiger partial charge in [-0.2, -0.15) is 0 Å². The van der Waals surface area contributed by atoms with Gasteiger partial charge in [-0.1, -0.05) is 13.8 Å². The summed E-state index contributed by atoms with van der Waals surface area (Å²) in [5.41, 5.74) is 0. The Hall–Kier alpha value is -0.650. The fraction of sp³-hybridized carbons (Fsp3) is 0.933. The first-order chi connectivity index (χ1) is 9.58. The SMILES string of the molecule is CC(C)CC1NC(C)N(CCCN2CCOCC2)C1=O. The Morgan fingerprint density at radius 2 is 2.00 bits per heavy atom. The van der Waals surface area contributed by atoms with Crippen LogP contribution in [0.4, 0.5) is 0 Å². The molecule has 0 aliphatic carbocycles. The molecule has 0 spiro atoms. The smallest absolute Gasteiger partial charge is 0.241 e. The van der Waals surface area contributed by atoms with Gasteiger partial charge in [-0.25, -0.2) is 0 Å².